The van der Waals surface area contributed by atoms with E-state index in [1.165, 1.54) is 114 Å². The number of carbonyl (C=O) groups is 1. The largest absolute Gasteiger partial charge is 0.513 e. The Morgan fingerprint density at radius 2 is 1.10 bits per heavy atom. The van der Waals surface area contributed by atoms with Crippen LogP contribution in [0.25, 0.3) is 0 Å². The molecule has 0 aromatic heterocycles. The Balaban J connectivity index is 1.77. The number of benzene rings is 1. The molecule has 0 amide bonds. The lowest BCUT2D eigenvalue weighted by Gasteiger charge is -2.06. The third-order valence-electron chi connectivity index (χ3n) is 5.26. The van der Waals surface area contributed by atoms with Gasteiger partial charge in [-0.1, -0.05) is 103 Å². The second-order valence-corrected chi connectivity index (χ2v) is 8.00. The molecule has 0 saturated heterocycles. The summed E-state index contributed by atoms with van der Waals surface area (Å²) < 4.78 is 10.1. The third kappa shape index (κ3) is 15.8. The zero-order valence-corrected chi connectivity index (χ0v) is 18.5. The molecular formula is C25H42O4. The summed E-state index contributed by atoms with van der Waals surface area (Å²) in [6.45, 7) is 2.67. The first-order valence-electron chi connectivity index (χ1n) is 11.9. The van der Waals surface area contributed by atoms with Crippen LogP contribution < -0.4 is 4.74 Å². The zero-order valence-electron chi connectivity index (χ0n) is 18.5. The summed E-state index contributed by atoms with van der Waals surface area (Å²) >= 11 is 0. The van der Waals surface area contributed by atoms with E-state index in [2.05, 4.69) is 6.92 Å². The maximum atomic E-state index is 11.6. The molecule has 0 fully saturated rings. The summed E-state index contributed by atoms with van der Waals surface area (Å²) in [6, 6.07) is 6.01. The van der Waals surface area contributed by atoms with Crippen molar-refractivity contribution in [3.05, 3.63) is 24.3 Å². The maximum absolute atomic E-state index is 11.6. The number of rotatable bonds is 18. The summed E-state index contributed by atoms with van der Waals surface area (Å²) in [6.07, 6.45) is 20.5. The van der Waals surface area contributed by atoms with Gasteiger partial charge in [-0.3, -0.25) is 0 Å². The van der Waals surface area contributed by atoms with Crippen molar-refractivity contribution in [2.24, 2.45) is 0 Å². The molecule has 1 N–H and O–H groups in total. The van der Waals surface area contributed by atoms with E-state index < -0.39 is 6.16 Å². The van der Waals surface area contributed by atoms with Crippen LogP contribution in [-0.2, 0) is 4.74 Å². The lowest BCUT2D eigenvalue weighted by Crippen LogP contribution is -2.11. The second-order valence-electron chi connectivity index (χ2n) is 8.00. The van der Waals surface area contributed by atoms with Crippen LogP contribution in [0.5, 0.6) is 11.5 Å². The van der Waals surface area contributed by atoms with Crippen LogP contribution in [0.4, 0.5) is 4.79 Å². The summed E-state index contributed by atoms with van der Waals surface area (Å²) in [4.78, 5) is 11.6. The molecule has 0 spiro atoms. The minimum absolute atomic E-state index is 0.138. The smallest absolute Gasteiger partial charge is 0.508 e. The highest BCUT2D eigenvalue weighted by atomic mass is 16.7. The van der Waals surface area contributed by atoms with Crippen LogP contribution in [-0.4, -0.2) is 17.9 Å². The Kier molecular flexibility index (Phi) is 16.0. The monoisotopic (exact) mass is 406 g/mol. The molecule has 0 aliphatic heterocycles. The molecule has 0 aliphatic rings. The van der Waals surface area contributed by atoms with Gasteiger partial charge in [-0.25, -0.2) is 4.79 Å². The van der Waals surface area contributed by atoms with Crippen LogP contribution in [0.15, 0.2) is 24.3 Å². The minimum Gasteiger partial charge on any atom is -0.508 e. The fraction of sp³-hybridized carbons (Fsp3) is 0.720. The molecule has 29 heavy (non-hydrogen) atoms. The van der Waals surface area contributed by atoms with Crippen molar-refractivity contribution in [3.8, 4) is 11.5 Å². The van der Waals surface area contributed by atoms with E-state index in [1.54, 1.807) is 0 Å². The first kappa shape index (κ1) is 25.3. The van der Waals surface area contributed by atoms with Crippen molar-refractivity contribution in [3.63, 3.8) is 0 Å². The van der Waals surface area contributed by atoms with Crippen molar-refractivity contribution in [1.82, 2.24) is 0 Å². The van der Waals surface area contributed by atoms with Crippen molar-refractivity contribution < 1.29 is 19.4 Å². The molecule has 1 aromatic rings. The Hall–Kier alpha value is -1.71. The second kappa shape index (κ2) is 18.3. The Labute approximate surface area is 178 Å². The third-order valence-corrected chi connectivity index (χ3v) is 5.26. The van der Waals surface area contributed by atoms with E-state index in [1.807, 2.05) is 0 Å². The lowest BCUT2D eigenvalue weighted by molar-refractivity contribution is 0.0972. The summed E-state index contributed by atoms with van der Waals surface area (Å²) in [5, 5.41) is 9.19. The highest BCUT2D eigenvalue weighted by molar-refractivity contribution is 5.63. The maximum Gasteiger partial charge on any atom is 0.513 e. The van der Waals surface area contributed by atoms with Crippen molar-refractivity contribution in [2.45, 2.75) is 110 Å². The van der Waals surface area contributed by atoms with Gasteiger partial charge >= 0.3 is 6.16 Å². The van der Waals surface area contributed by atoms with E-state index in [9.17, 15) is 9.90 Å². The van der Waals surface area contributed by atoms with Crippen molar-refractivity contribution >= 4 is 6.16 Å². The molecule has 0 radical (unpaired) electrons. The standard InChI is InChI=1S/C25H42O4/c1-2-3-4-5-6-7-8-9-10-11-12-13-14-15-16-17-22-28-25(27)29-24-20-18-23(26)19-21-24/h18-21,26H,2-17,22H2,1H3. The van der Waals surface area contributed by atoms with Gasteiger partial charge in [0.25, 0.3) is 0 Å². The van der Waals surface area contributed by atoms with E-state index in [0.717, 1.165) is 12.8 Å². The topological polar surface area (TPSA) is 55.8 Å². The molecule has 0 aliphatic carbocycles. The Morgan fingerprint density at radius 1 is 0.690 bits per heavy atom. The fourth-order valence-corrected chi connectivity index (χ4v) is 3.45. The highest BCUT2D eigenvalue weighted by Gasteiger charge is 2.05. The molecule has 0 heterocycles. The van der Waals surface area contributed by atoms with Crippen LogP contribution in [0.1, 0.15) is 110 Å². The molecule has 1 rings (SSSR count). The van der Waals surface area contributed by atoms with Crippen LogP contribution in [0.3, 0.4) is 0 Å². The highest BCUT2D eigenvalue weighted by Crippen LogP contribution is 2.17. The van der Waals surface area contributed by atoms with Crippen molar-refractivity contribution in [2.75, 3.05) is 6.61 Å². The normalized spacial score (nSPS) is 10.8. The Bertz CT molecular complexity index is 498. The van der Waals surface area contributed by atoms with Gasteiger partial charge in [0.1, 0.15) is 11.5 Å². The summed E-state index contributed by atoms with van der Waals surface area (Å²) in [7, 11) is 0. The zero-order chi connectivity index (χ0) is 21.0. The molecule has 0 saturated carbocycles. The van der Waals surface area contributed by atoms with Gasteiger partial charge in [0.15, 0.2) is 0 Å². The molecule has 166 valence electrons. The molecule has 4 nitrogen and oxygen atoms in total. The predicted molar refractivity (Wildman–Crippen MR) is 120 cm³/mol. The van der Waals surface area contributed by atoms with Gasteiger partial charge < -0.3 is 14.6 Å². The first-order valence-corrected chi connectivity index (χ1v) is 11.9. The molecule has 0 bridgehead atoms. The van der Waals surface area contributed by atoms with Gasteiger partial charge in [-0.05, 0) is 30.7 Å². The van der Waals surface area contributed by atoms with Gasteiger partial charge in [0.2, 0.25) is 0 Å². The number of hydrogen-bond acceptors (Lipinski definition) is 4. The van der Waals surface area contributed by atoms with Crippen molar-refractivity contribution in [1.29, 1.82) is 0 Å². The number of phenols is 1. The number of carbonyl (C=O) groups excluding carboxylic acids is 1. The fourth-order valence-electron chi connectivity index (χ4n) is 3.45. The number of ether oxygens (including phenoxy) is 2. The predicted octanol–water partition coefficient (Wildman–Crippen LogP) is 8.17. The minimum atomic E-state index is -0.684. The molecule has 0 unspecified atom stereocenters. The number of unbranched alkanes of at least 4 members (excludes halogenated alkanes) is 15. The molecular weight excluding hydrogens is 364 g/mol. The van der Waals surface area contributed by atoms with Gasteiger partial charge in [-0.15, -0.1) is 0 Å². The summed E-state index contributed by atoms with van der Waals surface area (Å²) in [5.74, 6) is 0.513. The molecule has 0 atom stereocenters. The van der Waals surface area contributed by atoms with Crippen LogP contribution >= 0.6 is 0 Å². The first-order chi connectivity index (χ1) is 14.2. The SMILES string of the molecule is CCCCCCCCCCCCCCCCCCOC(=O)Oc1ccc(O)cc1. The molecule has 4 heteroatoms. The van der Waals surface area contributed by atoms with Gasteiger partial charge in [-0.2, -0.15) is 0 Å². The van der Waals surface area contributed by atoms with E-state index in [-0.39, 0.29) is 5.75 Å². The average molecular weight is 407 g/mol. The number of phenolic OH excluding ortho intramolecular Hbond substituents is 1. The van der Waals surface area contributed by atoms with Gasteiger partial charge in [0.05, 0.1) is 6.61 Å². The average Bonchev–Trinajstić information content (AvgIpc) is 2.72. The van der Waals surface area contributed by atoms with Crippen LogP contribution in [0, 0.1) is 0 Å². The van der Waals surface area contributed by atoms with E-state index >= 15 is 0 Å². The molecule has 1 aromatic carbocycles. The quantitative estimate of drug-likeness (QED) is 0.152. The lowest BCUT2D eigenvalue weighted by atomic mass is 10.0. The number of hydrogen-bond donors (Lipinski definition) is 1. The van der Waals surface area contributed by atoms with E-state index in [0.29, 0.717) is 12.4 Å². The summed E-state index contributed by atoms with van der Waals surface area (Å²) in [5.41, 5.74) is 0. The number of aromatic hydroxyl groups is 1. The van der Waals surface area contributed by atoms with Gasteiger partial charge in [0, 0.05) is 0 Å². The Morgan fingerprint density at radius 3 is 1.55 bits per heavy atom. The van der Waals surface area contributed by atoms with Crippen LogP contribution in [0.2, 0.25) is 0 Å². The van der Waals surface area contributed by atoms with E-state index in [4.69, 9.17) is 9.47 Å².